The molecule has 0 aromatic carbocycles. The fourth-order valence-corrected chi connectivity index (χ4v) is 3.77. The van der Waals surface area contributed by atoms with Crippen LogP contribution >= 0.6 is 0 Å². The third-order valence-corrected chi connectivity index (χ3v) is 4.85. The number of hydrogen-bond donors (Lipinski definition) is 0. The quantitative estimate of drug-likeness (QED) is 0.430. The Labute approximate surface area is 114 Å². The molecule has 0 spiro atoms. The first kappa shape index (κ1) is 14.1. The molecule has 2 bridgehead atoms. The highest BCUT2D eigenvalue weighted by Gasteiger charge is 2.34. The molecule has 2 aliphatic rings. The van der Waals surface area contributed by atoms with Gasteiger partial charge in [0.2, 0.25) is 0 Å². The van der Waals surface area contributed by atoms with E-state index in [2.05, 4.69) is 31.1 Å². The van der Waals surface area contributed by atoms with Gasteiger partial charge in [0.15, 0.2) is 0 Å². The first-order valence-corrected chi connectivity index (χ1v) is 8.09. The lowest BCUT2D eigenvalue weighted by molar-refractivity contribution is 0.381. The van der Waals surface area contributed by atoms with E-state index in [0.717, 1.165) is 17.8 Å². The van der Waals surface area contributed by atoms with E-state index >= 15 is 0 Å². The Hall–Kier alpha value is -0.300. The zero-order valence-corrected chi connectivity index (χ0v) is 12.4. The second kappa shape index (κ2) is 7.33. The Kier molecular flexibility index (Phi) is 5.75. The highest BCUT2D eigenvalue weighted by molar-refractivity contribution is 5.09. The number of rotatable bonds is 9. The van der Waals surface area contributed by atoms with Gasteiger partial charge in [-0.2, -0.15) is 0 Å². The van der Waals surface area contributed by atoms with E-state index in [1.54, 1.807) is 0 Å². The van der Waals surface area contributed by atoms with E-state index in [-0.39, 0.29) is 0 Å². The molecular weight excluding hydrogens is 218 g/mol. The van der Waals surface area contributed by atoms with E-state index in [1.807, 2.05) is 0 Å². The Morgan fingerprint density at radius 2 is 1.61 bits per heavy atom. The van der Waals surface area contributed by atoms with Gasteiger partial charge in [-0.1, -0.05) is 44.3 Å². The topological polar surface area (TPSA) is 3.24 Å². The maximum Gasteiger partial charge on any atom is -0.00248 e. The summed E-state index contributed by atoms with van der Waals surface area (Å²) < 4.78 is 0. The summed E-state index contributed by atoms with van der Waals surface area (Å²) in [6.07, 6.45) is 18.1. The minimum Gasteiger partial charge on any atom is -0.309 e. The van der Waals surface area contributed by atoms with Gasteiger partial charge in [-0.15, -0.1) is 0 Å². The molecule has 1 saturated carbocycles. The molecule has 0 aliphatic heterocycles. The van der Waals surface area contributed by atoms with Gasteiger partial charge in [-0.25, -0.2) is 0 Å². The van der Waals surface area contributed by atoms with Crippen LogP contribution < -0.4 is 0 Å². The van der Waals surface area contributed by atoms with E-state index in [4.69, 9.17) is 0 Å². The van der Waals surface area contributed by atoms with Gasteiger partial charge >= 0.3 is 0 Å². The Balaban J connectivity index is 1.39. The maximum absolute atomic E-state index is 2.50. The van der Waals surface area contributed by atoms with E-state index in [1.165, 1.54) is 64.3 Å². The average Bonchev–Trinajstić information content (AvgIpc) is 2.94. The molecule has 3 unspecified atom stereocenters. The van der Waals surface area contributed by atoms with Crippen LogP contribution in [0.2, 0.25) is 0 Å². The first-order chi connectivity index (χ1) is 8.75. The third kappa shape index (κ3) is 4.42. The molecule has 3 atom stereocenters. The van der Waals surface area contributed by atoms with Crippen molar-refractivity contribution in [2.45, 2.75) is 57.8 Å². The van der Waals surface area contributed by atoms with Crippen LogP contribution in [0, 0.1) is 17.8 Å². The van der Waals surface area contributed by atoms with Crippen LogP contribution in [0.15, 0.2) is 12.2 Å². The van der Waals surface area contributed by atoms with Crippen molar-refractivity contribution in [3.63, 3.8) is 0 Å². The smallest absolute Gasteiger partial charge is 0.00248 e. The van der Waals surface area contributed by atoms with Gasteiger partial charge in [0, 0.05) is 0 Å². The summed E-state index contributed by atoms with van der Waals surface area (Å²) in [6.45, 7) is 1.26. The Bertz CT molecular complexity index is 256. The van der Waals surface area contributed by atoms with Crippen molar-refractivity contribution < 1.29 is 0 Å². The van der Waals surface area contributed by atoms with Crippen molar-refractivity contribution >= 4 is 0 Å². The van der Waals surface area contributed by atoms with Crippen LogP contribution in [-0.2, 0) is 0 Å². The zero-order valence-electron chi connectivity index (χ0n) is 12.4. The largest absolute Gasteiger partial charge is 0.309 e. The maximum atomic E-state index is 2.50. The number of allylic oxidation sites excluding steroid dienone is 2. The van der Waals surface area contributed by atoms with Crippen molar-refractivity contribution in [3.05, 3.63) is 12.2 Å². The monoisotopic (exact) mass is 249 g/mol. The number of nitrogens with zero attached hydrogens (tertiary/aromatic N) is 1. The summed E-state index contributed by atoms with van der Waals surface area (Å²) in [5, 5.41) is 0. The molecule has 0 amide bonds. The summed E-state index contributed by atoms with van der Waals surface area (Å²) in [7, 11) is 4.34. The number of fused-ring (bicyclic) bond motifs is 2. The van der Waals surface area contributed by atoms with Gasteiger partial charge < -0.3 is 4.90 Å². The summed E-state index contributed by atoms with van der Waals surface area (Å²) in [5.74, 6) is 2.98. The van der Waals surface area contributed by atoms with Gasteiger partial charge in [0.05, 0.1) is 0 Å². The van der Waals surface area contributed by atoms with Crippen LogP contribution in [0.5, 0.6) is 0 Å². The summed E-state index contributed by atoms with van der Waals surface area (Å²) in [6, 6.07) is 0. The van der Waals surface area contributed by atoms with Crippen LogP contribution in [0.4, 0.5) is 0 Å². The van der Waals surface area contributed by atoms with Gasteiger partial charge in [0.25, 0.3) is 0 Å². The molecule has 104 valence electrons. The normalized spacial score (nSPS) is 29.6. The number of unbranched alkanes of at least 4 members (excludes halogenated alkanes) is 5. The van der Waals surface area contributed by atoms with Crippen molar-refractivity contribution in [2.24, 2.45) is 17.8 Å². The predicted octanol–water partition coefficient (Wildman–Crippen LogP) is 4.49. The second-order valence-electron chi connectivity index (χ2n) is 6.75. The zero-order chi connectivity index (χ0) is 12.8. The second-order valence-corrected chi connectivity index (χ2v) is 6.75. The minimum atomic E-state index is 0.964. The SMILES string of the molecule is CN(C)CCCCCCCCC1CC2C=CC1C2. The average molecular weight is 249 g/mol. The van der Waals surface area contributed by atoms with Crippen molar-refractivity contribution in [2.75, 3.05) is 20.6 Å². The van der Waals surface area contributed by atoms with E-state index < -0.39 is 0 Å². The summed E-state index contributed by atoms with van der Waals surface area (Å²) >= 11 is 0. The van der Waals surface area contributed by atoms with Crippen molar-refractivity contribution in [1.82, 2.24) is 4.90 Å². The van der Waals surface area contributed by atoms with Crippen LogP contribution in [-0.4, -0.2) is 25.5 Å². The molecule has 18 heavy (non-hydrogen) atoms. The molecule has 0 saturated heterocycles. The van der Waals surface area contributed by atoms with E-state index in [0.29, 0.717) is 0 Å². The van der Waals surface area contributed by atoms with Crippen molar-refractivity contribution in [1.29, 1.82) is 0 Å². The minimum absolute atomic E-state index is 0.964. The van der Waals surface area contributed by atoms with E-state index in [9.17, 15) is 0 Å². The lowest BCUT2D eigenvalue weighted by Gasteiger charge is -2.17. The lowest BCUT2D eigenvalue weighted by atomic mass is 9.88. The fourth-order valence-electron chi connectivity index (χ4n) is 3.77. The van der Waals surface area contributed by atoms with Crippen LogP contribution in [0.1, 0.15) is 57.8 Å². The highest BCUT2D eigenvalue weighted by atomic mass is 15.0. The molecule has 2 rings (SSSR count). The molecule has 1 fully saturated rings. The first-order valence-electron chi connectivity index (χ1n) is 8.09. The Morgan fingerprint density at radius 3 is 2.22 bits per heavy atom. The molecule has 0 radical (unpaired) electrons. The van der Waals surface area contributed by atoms with Gasteiger partial charge in [-0.05, 0) is 64.1 Å². The standard InChI is InChI=1S/C17H31N/c1-18(2)12-8-6-4-3-5-7-9-16-13-15-10-11-17(16)14-15/h10-11,15-17H,3-9,12-14H2,1-2H3. The highest BCUT2D eigenvalue weighted by Crippen LogP contribution is 2.45. The molecule has 0 heterocycles. The predicted molar refractivity (Wildman–Crippen MR) is 79.7 cm³/mol. The number of hydrogen-bond acceptors (Lipinski definition) is 1. The molecule has 0 N–H and O–H groups in total. The summed E-state index contributed by atoms with van der Waals surface area (Å²) in [4.78, 5) is 2.29. The molecular formula is C17H31N. The fraction of sp³-hybridized carbons (Fsp3) is 0.882. The van der Waals surface area contributed by atoms with Gasteiger partial charge in [0.1, 0.15) is 0 Å². The molecule has 1 nitrogen and oxygen atoms in total. The lowest BCUT2D eigenvalue weighted by Crippen LogP contribution is -2.12. The third-order valence-electron chi connectivity index (χ3n) is 4.85. The van der Waals surface area contributed by atoms with Gasteiger partial charge in [-0.3, -0.25) is 0 Å². The molecule has 0 aromatic heterocycles. The summed E-state index contributed by atoms with van der Waals surface area (Å²) in [5.41, 5.74) is 0. The van der Waals surface area contributed by atoms with Crippen LogP contribution in [0.25, 0.3) is 0 Å². The van der Waals surface area contributed by atoms with Crippen LogP contribution in [0.3, 0.4) is 0 Å². The van der Waals surface area contributed by atoms with Crippen molar-refractivity contribution in [3.8, 4) is 0 Å². The molecule has 1 heteroatoms. The molecule has 0 aromatic rings. The Morgan fingerprint density at radius 1 is 0.889 bits per heavy atom. The molecule has 2 aliphatic carbocycles.